The molecule has 0 saturated carbocycles. The quantitative estimate of drug-likeness (QED) is 0.414. The number of carbonyl (C=O) groups is 3. The molecule has 3 aliphatic rings. The standard InChI is InChI=1S/C25H28ClN3O4S2/c1-33-19-13-15(12-18(26)27-19)22(31)28-9-6-25(7-10-28)8-11-29(14-25)23(32)21-16-4-3-5-17(30)20(16)24(34-2)35-21/h12-13H,3-11,14H2,1-2H3. The molecule has 2 amide bonds. The van der Waals surface area contributed by atoms with Crippen LogP contribution in [0.1, 0.15) is 68.1 Å². The number of carbonyl (C=O) groups excluding carboxylic acids is 3. The van der Waals surface area contributed by atoms with Gasteiger partial charge in [-0.05, 0) is 55.4 Å². The molecule has 2 aliphatic heterocycles. The monoisotopic (exact) mass is 533 g/mol. The van der Waals surface area contributed by atoms with Gasteiger partial charge in [-0.15, -0.1) is 23.1 Å². The number of Topliss-reactive ketones (excluding diaryl/α,β-unsaturated/α-hetero) is 1. The zero-order chi connectivity index (χ0) is 24.7. The second-order valence-corrected chi connectivity index (χ2v) is 12.0. The summed E-state index contributed by atoms with van der Waals surface area (Å²) < 4.78 is 6.12. The summed E-state index contributed by atoms with van der Waals surface area (Å²) in [6, 6.07) is 3.19. The Kier molecular flexibility index (Phi) is 6.85. The lowest BCUT2D eigenvalue weighted by Gasteiger charge is -2.39. The molecule has 0 unspecified atom stereocenters. The van der Waals surface area contributed by atoms with E-state index in [2.05, 4.69) is 4.98 Å². The Balaban J connectivity index is 1.26. The van der Waals surface area contributed by atoms with Gasteiger partial charge in [0.2, 0.25) is 5.88 Å². The number of piperidine rings is 1. The molecule has 0 atom stereocenters. The highest BCUT2D eigenvalue weighted by atomic mass is 35.5. The van der Waals surface area contributed by atoms with E-state index in [1.54, 1.807) is 23.9 Å². The normalized spacial score (nSPS) is 19.2. The van der Waals surface area contributed by atoms with Gasteiger partial charge in [0.25, 0.3) is 11.8 Å². The topological polar surface area (TPSA) is 79.8 Å². The minimum atomic E-state index is -0.0761. The van der Waals surface area contributed by atoms with Crippen molar-refractivity contribution in [3.05, 3.63) is 38.9 Å². The van der Waals surface area contributed by atoms with Crippen molar-refractivity contribution in [1.29, 1.82) is 0 Å². The van der Waals surface area contributed by atoms with Crippen LogP contribution < -0.4 is 4.74 Å². The van der Waals surface area contributed by atoms with Crippen LogP contribution in [0.3, 0.4) is 0 Å². The van der Waals surface area contributed by atoms with Crippen molar-refractivity contribution in [2.24, 2.45) is 5.41 Å². The summed E-state index contributed by atoms with van der Waals surface area (Å²) in [6.07, 6.45) is 6.82. The second kappa shape index (κ2) is 9.75. The van der Waals surface area contributed by atoms with Crippen molar-refractivity contribution in [2.75, 3.05) is 39.5 Å². The summed E-state index contributed by atoms with van der Waals surface area (Å²) in [6.45, 7) is 2.71. The number of pyridine rings is 1. The smallest absolute Gasteiger partial charge is 0.264 e. The molecule has 0 bridgehead atoms. The molecule has 5 rings (SSSR count). The summed E-state index contributed by atoms with van der Waals surface area (Å²) in [5, 5.41) is 0.230. The third kappa shape index (κ3) is 4.58. The zero-order valence-corrected chi connectivity index (χ0v) is 22.3. The van der Waals surface area contributed by atoms with Gasteiger partial charge in [-0.2, -0.15) is 0 Å². The van der Waals surface area contributed by atoms with Crippen molar-refractivity contribution >= 4 is 52.3 Å². The van der Waals surface area contributed by atoms with Gasteiger partial charge in [-0.25, -0.2) is 4.98 Å². The Morgan fingerprint density at radius 1 is 1.11 bits per heavy atom. The van der Waals surface area contributed by atoms with E-state index in [4.69, 9.17) is 16.3 Å². The summed E-state index contributed by atoms with van der Waals surface area (Å²) in [7, 11) is 1.50. The van der Waals surface area contributed by atoms with Crippen LogP contribution in [-0.2, 0) is 6.42 Å². The second-order valence-electron chi connectivity index (χ2n) is 9.54. The first-order chi connectivity index (χ1) is 16.8. The number of hydrogen-bond acceptors (Lipinski definition) is 7. The van der Waals surface area contributed by atoms with Gasteiger partial charge in [0, 0.05) is 49.8 Å². The zero-order valence-electron chi connectivity index (χ0n) is 19.9. The van der Waals surface area contributed by atoms with Gasteiger partial charge in [0.05, 0.1) is 16.2 Å². The Morgan fingerprint density at radius 2 is 1.83 bits per heavy atom. The molecule has 7 nitrogen and oxygen atoms in total. The summed E-state index contributed by atoms with van der Waals surface area (Å²) in [5.74, 6) is 0.485. The minimum Gasteiger partial charge on any atom is -0.481 e. The average molecular weight is 534 g/mol. The minimum absolute atomic E-state index is 0.0372. The molecule has 35 heavy (non-hydrogen) atoms. The fourth-order valence-electron chi connectivity index (χ4n) is 5.56. The molecule has 2 aromatic heterocycles. The Hall–Kier alpha value is -2.10. The third-order valence-corrected chi connectivity index (χ3v) is 10.1. The van der Waals surface area contributed by atoms with E-state index in [1.165, 1.54) is 18.4 Å². The molecular weight excluding hydrogens is 506 g/mol. The van der Waals surface area contributed by atoms with Gasteiger partial charge in [-0.3, -0.25) is 14.4 Å². The summed E-state index contributed by atoms with van der Waals surface area (Å²) in [5.41, 5.74) is 2.27. The van der Waals surface area contributed by atoms with Crippen molar-refractivity contribution in [3.63, 3.8) is 0 Å². The molecule has 2 fully saturated rings. The number of amides is 2. The summed E-state index contributed by atoms with van der Waals surface area (Å²) >= 11 is 9.10. The van der Waals surface area contributed by atoms with Crippen LogP contribution >= 0.6 is 34.7 Å². The lowest BCUT2D eigenvalue weighted by Crippen LogP contribution is -2.44. The predicted molar refractivity (Wildman–Crippen MR) is 137 cm³/mol. The molecule has 186 valence electrons. The van der Waals surface area contributed by atoms with E-state index in [0.29, 0.717) is 37.5 Å². The first-order valence-corrected chi connectivity index (χ1v) is 14.3. The molecule has 2 aromatic rings. The molecule has 0 radical (unpaired) electrons. The molecule has 10 heteroatoms. The molecule has 0 N–H and O–H groups in total. The van der Waals surface area contributed by atoms with Gasteiger partial charge >= 0.3 is 0 Å². The van der Waals surface area contributed by atoms with E-state index in [1.807, 2.05) is 16.1 Å². The summed E-state index contributed by atoms with van der Waals surface area (Å²) in [4.78, 5) is 47.8. The number of nitrogens with zero attached hydrogens (tertiary/aromatic N) is 3. The highest BCUT2D eigenvalue weighted by Crippen LogP contribution is 2.44. The van der Waals surface area contributed by atoms with Crippen LogP contribution in [0.25, 0.3) is 0 Å². The van der Waals surface area contributed by atoms with Crippen molar-refractivity contribution < 1.29 is 19.1 Å². The fraction of sp³-hybridized carbons (Fsp3) is 0.520. The number of likely N-dealkylation sites (tertiary alicyclic amines) is 2. The number of thiophene rings is 1. The van der Waals surface area contributed by atoms with Crippen LogP contribution in [0, 0.1) is 5.41 Å². The number of aromatic nitrogens is 1. The maximum Gasteiger partial charge on any atom is 0.264 e. The van der Waals surface area contributed by atoms with Crippen molar-refractivity contribution in [3.8, 4) is 5.88 Å². The number of methoxy groups -OCH3 is 1. The Morgan fingerprint density at radius 3 is 2.51 bits per heavy atom. The number of ether oxygens (including phenoxy) is 1. The van der Waals surface area contributed by atoms with Crippen LogP contribution in [-0.4, -0.2) is 71.9 Å². The number of fused-ring (bicyclic) bond motifs is 1. The lowest BCUT2D eigenvalue weighted by atomic mass is 9.77. The molecule has 2 saturated heterocycles. The lowest BCUT2D eigenvalue weighted by molar-refractivity contribution is 0.0565. The van der Waals surface area contributed by atoms with E-state index in [0.717, 1.165) is 58.9 Å². The molecule has 0 aromatic carbocycles. The van der Waals surface area contributed by atoms with E-state index < -0.39 is 0 Å². The van der Waals surface area contributed by atoms with E-state index in [-0.39, 0.29) is 28.2 Å². The van der Waals surface area contributed by atoms with Crippen LogP contribution in [0.4, 0.5) is 0 Å². The molecule has 1 spiro atoms. The first kappa shape index (κ1) is 24.6. The van der Waals surface area contributed by atoms with Crippen LogP contribution in [0.5, 0.6) is 5.88 Å². The largest absolute Gasteiger partial charge is 0.481 e. The number of halogens is 1. The van der Waals surface area contributed by atoms with Gasteiger partial charge in [0.1, 0.15) is 5.15 Å². The average Bonchev–Trinajstić information content (AvgIpc) is 3.46. The van der Waals surface area contributed by atoms with Gasteiger partial charge < -0.3 is 14.5 Å². The van der Waals surface area contributed by atoms with Crippen LogP contribution in [0.15, 0.2) is 16.3 Å². The number of thioether (sulfide) groups is 1. The Labute approximate surface area is 218 Å². The molecule has 1 aliphatic carbocycles. The number of rotatable bonds is 4. The maximum atomic E-state index is 13.6. The predicted octanol–water partition coefficient (Wildman–Crippen LogP) is 4.81. The first-order valence-electron chi connectivity index (χ1n) is 11.9. The highest BCUT2D eigenvalue weighted by molar-refractivity contribution is 8.00. The maximum absolute atomic E-state index is 13.6. The SMILES string of the molecule is COc1cc(C(=O)N2CCC3(CC2)CCN(C(=O)c2sc(SC)c4c2CCCC4=O)C3)cc(Cl)n1. The van der Waals surface area contributed by atoms with Gasteiger partial charge in [-0.1, -0.05) is 11.6 Å². The van der Waals surface area contributed by atoms with Crippen molar-refractivity contribution in [1.82, 2.24) is 14.8 Å². The number of hydrogen-bond donors (Lipinski definition) is 0. The molecule has 4 heterocycles. The van der Waals surface area contributed by atoms with E-state index in [9.17, 15) is 14.4 Å². The van der Waals surface area contributed by atoms with Gasteiger partial charge in [0.15, 0.2) is 5.78 Å². The van der Waals surface area contributed by atoms with Crippen LogP contribution in [0.2, 0.25) is 5.15 Å². The Bertz CT molecular complexity index is 1190. The van der Waals surface area contributed by atoms with Crippen molar-refractivity contribution in [2.45, 2.75) is 42.7 Å². The highest BCUT2D eigenvalue weighted by Gasteiger charge is 2.44. The molecular formula is C25H28ClN3O4S2. The van der Waals surface area contributed by atoms with E-state index >= 15 is 0 Å². The third-order valence-electron chi connectivity index (χ3n) is 7.53. The fourth-order valence-corrected chi connectivity index (χ4v) is 7.85. The number of ketones is 1.